The number of hydrogen-bond donors (Lipinski definition) is 0. The highest BCUT2D eigenvalue weighted by Crippen LogP contribution is 2.24. The Morgan fingerprint density at radius 1 is 1.31 bits per heavy atom. The number of hydrogen-bond acceptors (Lipinski definition) is 2. The molecule has 0 fully saturated rings. The summed E-state index contributed by atoms with van der Waals surface area (Å²) in [4.78, 5) is 0. The van der Waals surface area contributed by atoms with E-state index in [1.54, 1.807) is 0 Å². The van der Waals surface area contributed by atoms with Crippen LogP contribution in [0.2, 0.25) is 5.02 Å². The molecule has 0 bridgehead atoms. The minimum atomic E-state index is -2.89. The highest BCUT2D eigenvalue weighted by Gasteiger charge is 2.13. The highest BCUT2D eigenvalue weighted by molar-refractivity contribution is 9.09. The number of halogens is 2. The third-order valence-corrected chi connectivity index (χ3v) is 4.38. The standard InChI is InChI=1S/C11H14BrClO2S/c1-16(14,15)7-6-10(8-12)9-2-4-11(13)5-3-9/h2-5,10H,6-8H2,1H3. The van der Waals surface area contributed by atoms with Crippen molar-refractivity contribution >= 4 is 37.4 Å². The minimum absolute atomic E-state index is 0.214. The molecule has 0 saturated carbocycles. The van der Waals surface area contributed by atoms with Crippen molar-refractivity contribution in [1.82, 2.24) is 0 Å². The zero-order valence-electron chi connectivity index (χ0n) is 8.99. The van der Waals surface area contributed by atoms with E-state index in [0.29, 0.717) is 11.4 Å². The quantitative estimate of drug-likeness (QED) is 0.779. The summed E-state index contributed by atoms with van der Waals surface area (Å²) < 4.78 is 22.2. The Balaban J connectivity index is 2.71. The van der Waals surface area contributed by atoms with Crippen LogP contribution < -0.4 is 0 Å². The molecule has 0 spiro atoms. The predicted molar refractivity (Wildman–Crippen MR) is 72.3 cm³/mol. The van der Waals surface area contributed by atoms with Crippen LogP contribution in [-0.4, -0.2) is 25.8 Å². The lowest BCUT2D eigenvalue weighted by molar-refractivity contribution is 0.595. The van der Waals surface area contributed by atoms with Crippen LogP contribution in [0.25, 0.3) is 0 Å². The third-order valence-electron chi connectivity index (χ3n) is 2.36. The van der Waals surface area contributed by atoms with Crippen LogP contribution >= 0.6 is 27.5 Å². The third kappa shape index (κ3) is 4.85. The molecule has 1 aromatic carbocycles. The Kier molecular flexibility index (Phi) is 5.28. The molecule has 2 nitrogen and oxygen atoms in total. The fraction of sp³-hybridized carbons (Fsp3) is 0.455. The van der Waals surface area contributed by atoms with Gasteiger partial charge in [0.05, 0.1) is 5.75 Å². The van der Waals surface area contributed by atoms with E-state index in [2.05, 4.69) is 15.9 Å². The van der Waals surface area contributed by atoms with E-state index < -0.39 is 9.84 Å². The van der Waals surface area contributed by atoms with Gasteiger partial charge in [-0.25, -0.2) is 8.42 Å². The molecule has 0 saturated heterocycles. The van der Waals surface area contributed by atoms with Crippen molar-refractivity contribution in [3.8, 4) is 0 Å². The summed E-state index contributed by atoms with van der Waals surface area (Å²) in [6.07, 6.45) is 1.89. The van der Waals surface area contributed by atoms with Crippen molar-refractivity contribution in [1.29, 1.82) is 0 Å². The summed E-state index contributed by atoms with van der Waals surface area (Å²) in [6, 6.07) is 7.53. The van der Waals surface area contributed by atoms with E-state index in [-0.39, 0.29) is 11.7 Å². The minimum Gasteiger partial charge on any atom is -0.229 e. The molecule has 0 aromatic heterocycles. The van der Waals surface area contributed by atoms with Gasteiger partial charge in [-0.15, -0.1) is 0 Å². The second-order valence-electron chi connectivity index (χ2n) is 3.82. The van der Waals surface area contributed by atoms with Gasteiger partial charge in [-0.3, -0.25) is 0 Å². The fourth-order valence-corrected chi connectivity index (χ4v) is 2.96. The van der Waals surface area contributed by atoms with E-state index in [9.17, 15) is 8.42 Å². The number of alkyl halides is 1. The Labute approximate surface area is 110 Å². The lowest BCUT2D eigenvalue weighted by atomic mass is 9.99. The fourth-order valence-electron chi connectivity index (χ4n) is 1.42. The van der Waals surface area contributed by atoms with Gasteiger partial charge in [0.1, 0.15) is 9.84 Å². The first kappa shape index (κ1) is 14.0. The van der Waals surface area contributed by atoms with Crippen molar-refractivity contribution in [3.05, 3.63) is 34.9 Å². The van der Waals surface area contributed by atoms with Crippen molar-refractivity contribution < 1.29 is 8.42 Å². The van der Waals surface area contributed by atoms with Crippen LogP contribution in [0.1, 0.15) is 17.9 Å². The van der Waals surface area contributed by atoms with Gasteiger partial charge in [0.15, 0.2) is 0 Å². The molecule has 0 radical (unpaired) electrons. The molecule has 0 aliphatic heterocycles. The number of benzene rings is 1. The Morgan fingerprint density at radius 3 is 2.31 bits per heavy atom. The molecule has 1 aromatic rings. The van der Waals surface area contributed by atoms with Gasteiger partial charge in [-0.2, -0.15) is 0 Å². The van der Waals surface area contributed by atoms with Gasteiger partial charge in [-0.05, 0) is 30.0 Å². The molecule has 5 heteroatoms. The molecule has 1 unspecified atom stereocenters. The number of rotatable bonds is 5. The van der Waals surface area contributed by atoms with Crippen molar-refractivity contribution in [3.63, 3.8) is 0 Å². The maximum absolute atomic E-state index is 11.1. The summed E-state index contributed by atoms with van der Waals surface area (Å²) in [5, 5.41) is 1.45. The Morgan fingerprint density at radius 2 is 1.88 bits per heavy atom. The summed E-state index contributed by atoms with van der Waals surface area (Å²) in [6.45, 7) is 0. The zero-order chi connectivity index (χ0) is 12.2. The van der Waals surface area contributed by atoms with Crippen LogP contribution in [0.15, 0.2) is 24.3 Å². The van der Waals surface area contributed by atoms with Gasteiger partial charge in [-0.1, -0.05) is 39.7 Å². The van der Waals surface area contributed by atoms with Crippen LogP contribution in [0.3, 0.4) is 0 Å². The maximum atomic E-state index is 11.1. The topological polar surface area (TPSA) is 34.1 Å². The van der Waals surface area contributed by atoms with Crippen molar-refractivity contribution in [2.75, 3.05) is 17.3 Å². The molecule has 1 atom stereocenters. The van der Waals surface area contributed by atoms with E-state index >= 15 is 0 Å². The Bertz CT molecular complexity index is 428. The predicted octanol–water partition coefficient (Wildman–Crippen LogP) is 3.25. The first-order chi connectivity index (χ1) is 7.42. The summed E-state index contributed by atoms with van der Waals surface area (Å²) in [5.41, 5.74) is 1.12. The zero-order valence-corrected chi connectivity index (χ0v) is 12.1. The molecular formula is C11H14BrClO2S. The molecule has 0 aliphatic rings. The first-order valence-electron chi connectivity index (χ1n) is 4.91. The summed E-state index contributed by atoms with van der Waals surface area (Å²) >= 11 is 9.21. The molecule has 1 rings (SSSR count). The van der Waals surface area contributed by atoms with Crippen LogP contribution in [0.5, 0.6) is 0 Å². The largest absolute Gasteiger partial charge is 0.229 e. The number of sulfone groups is 1. The lowest BCUT2D eigenvalue weighted by Crippen LogP contribution is -2.09. The van der Waals surface area contributed by atoms with Crippen molar-refractivity contribution in [2.24, 2.45) is 0 Å². The van der Waals surface area contributed by atoms with Gasteiger partial charge >= 0.3 is 0 Å². The van der Waals surface area contributed by atoms with E-state index in [0.717, 1.165) is 10.9 Å². The van der Waals surface area contributed by atoms with Crippen molar-refractivity contribution in [2.45, 2.75) is 12.3 Å². The summed E-state index contributed by atoms with van der Waals surface area (Å²) in [5.74, 6) is 0.429. The van der Waals surface area contributed by atoms with Crippen LogP contribution in [0, 0.1) is 0 Å². The monoisotopic (exact) mass is 324 g/mol. The maximum Gasteiger partial charge on any atom is 0.147 e. The van der Waals surface area contributed by atoms with E-state index in [1.165, 1.54) is 6.26 Å². The van der Waals surface area contributed by atoms with Gasteiger partial charge < -0.3 is 0 Å². The average Bonchev–Trinajstić information content (AvgIpc) is 2.20. The molecule has 0 amide bonds. The molecule has 0 aliphatic carbocycles. The average molecular weight is 326 g/mol. The van der Waals surface area contributed by atoms with Crippen LogP contribution in [0.4, 0.5) is 0 Å². The van der Waals surface area contributed by atoms with Crippen LogP contribution in [-0.2, 0) is 9.84 Å². The van der Waals surface area contributed by atoms with Gasteiger partial charge in [0.25, 0.3) is 0 Å². The second kappa shape index (κ2) is 6.03. The normalized spacial score (nSPS) is 13.7. The molecule has 90 valence electrons. The summed E-state index contributed by atoms with van der Waals surface area (Å²) in [7, 11) is -2.89. The molecular weight excluding hydrogens is 312 g/mol. The first-order valence-corrected chi connectivity index (χ1v) is 8.47. The smallest absolute Gasteiger partial charge is 0.147 e. The Hall–Kier alpha value is -0.0600. The highest BCUT2D eigenvalue weighted by atomic mass is 79.9. The van der Waals surface area contributed by atoms with E-state index in [4.69, 9.17) is 11.6 Å². The SMILES string of the molecule is CS(=O)(=O)CCC(CBr)c1ccc(Cl)cc1. The lowest BCUT2D eigenvalue weighted by Gasteiger charge is -2.13. The molecule has 0 N–H and O–H groups in total. The van der Waals surface area contributed by atoms with E-state index in [1.807, 2.05) is 24.3 Å². The molecule has 16 heavy (non-hydrogen) atoms. The second-order valence-corrected chi connectivity index (χ2v) is 7.16. The van der Waals surface area contributed by atoms with Gasteiger partial charge in [0, 0.05) is 16.6 Å². The van der Waals surface area contributed by atoms with Gasteiger partial charge in [0.2, 0.25) is 0 Å². The molecule has 0 heterocycles.